The van der Waals surface area contributed by atoms with Gasteiger partial charge in [0.2, 0.25) is 0 Å². The van der Waals surface area contributed by atoms with Crippen LogP contribution >= 0.6 is 0 Å². The summed E-state index contributed by atoms with van der Waals surface area (Å²) in [6, 6.07) is 0. The minimum Gasteiger partial charge on any atom is -0.462 e. The molecule has 0 aliphatic carbocycles. The van der Waals surface area contributed by atoms with Crippen LogP contribution in [0.5, 0.6) is 0 Å². The predicted molar refractivity (Wildman–Crippen MR) is 52.3 cm³/mol. The quantitative estimate of drug-likeness (QED) is 0.541. The summed E-state index contributed by atoms with van der Waals surface area (Å²) in [5, 5.41) is 17.6. The van der Waals surface area contributed by atoms with Gasteiger partial charge in [-0.15, -0.1) is 0 Å². The van der Waals surface area contributed by atoms with Crippen molar-refractivity contribution in [2.75, 3.05) is 6.54 Å². The number of rotatable bonds is 2. The van der Waals surface area contributed by atoms with Crippen LogP contribution in [0.25, 0.3) is 0 Å². The second-order valence-electron chi connectivity index (χ2n) is 5.21. The van der Waals surface area contributed by atoms with Gasteiger partial charge in [0, 0.05) is 6.42 Å². The molecule has 0 spiro atoms. The van der Waals surface area contributed by atoms with Crippen LogP contribution in [0.4, 0.5) is 0 Å². The van der Waals surface area contributed by atoms with Crippen LogP contribution in [0.15, 0.2) is 0 Å². The molecule has 1 aliphatic heterocycles. The molecule has 0 unspecified atom stereocenters. The maximum atomic E-state index is 11.3. The Morgan fingerprint density at radius 3 is 2.53 bits per heavy atom. The van der Waals surface area contributed by atoms with Crippen molar-refractivity contribution in [3.63, 3.8) is 0 Å². The number of carbonyl (C=O) groups is 1. The van der Waals surface area contributed by atoms with E-state index < -0.39 is 0 Å². The second-order valence-corrected chi connectivity index (χ2v) is 5.21. The summed E-state index contributed by atoms with van der Waals surface area (Å²) in [5.41, 5.74) is -0.107. The SMILES string of the molecule is CC(C)(C)[C@@H]1C[C@H](CN(O)O)CC(=O)O1. The lowest BCUT2D eigenvalue weighted by Crippen LogP contribution is -2.41. The zero-order valence-corrected chi connectivity index (χ0v) is 9.43. The number of hydrogen-bond donors (Lipinski definition) is 2. The lowest BCUT2D eigenvalue weighted by atomic mass is 9.81. The van der Waals surface area contributed by atoms with E-state index in [0.717, 1.165) is 0 Å². The molecule has 2 N–H and O–H groups in total. The highest BCUT2D eigenvalue weighted by molar-refractivity contribution is 5.70. The van der Waals surface area contributed by atoms with Gasteiger partial charge in [0.05, 0.1) is 6.54 Å². The Bertz CT molecular complexity index is 234. The van der Waals surface area contributed by atoms with Crippen LogP contribution in [0.3, 0.4) is 0 Å². The Labute approximate surface area is 89.5 Å². The fraction of sp³-hybridized carbons (Fsp3) is 0.900. The highest BCUT2D eigenvalue weighted by Gasteiger charge is 2.36. The van der Waals surface area contributed by atoms with Crippen molar-refractivity contribution in [1.82, 2.24) is 5.23 Å². The fourth-order valence-electron chi connectivity index (χ4n) is 1.78. The van der Waals surface area contributed by atoms with E-state index in [1.54, 1.807) is 0 Å². The van der Waals surface area contributed by atoms with Crippen LogP contribution in [0.1, 0.15) is 33.6 Å². The smallest absolute Gasteiger partial charge is 0.306 e. The maximum Gasteiger partial charge on any atom is 0.306 e. The Kier molecular flexibility index (Phi) is 3.70. The first-order valence-corrected chi connectivity index (χ1v) is 5.14. The van der Waals surface area contributed by atoms with Crippen LogP contribution in [-0.4, -0.2) is 34.3 Å². The molecule has 1 aliphatic rings. The third kappa shape index (κ3) is 3.77. The molecule has 0 aromatic rings. The van der Waals surface area contributed by atoms with Crippen molar-refractivity contribution in [3.8, 4) is 0 Å². The fourth-order valence-corrected chi connectivity index (χ4v) is 1.78. The van der Waals surface area contributed by atoms with E-state index in [9.17, 15) is 4.79 Å². The van der Waals surface area contributed by atoms with Gasteiger partial charge in [-0.3, -0.25) is 15.2 Å². The number of cyclic esters (lactones) is 1. The van der Waals surface area contributed by atoms with E-state index >= 15 is 0 Å². The molecule has 88 valence electrons. The normalized spacial score (nSPS) is 28.0. The zero-order chi connectivity index (χ0) is 11.6. The Morgan fingerprint density at radius 1 is 1.47 bits per heavy atom. The minimum absolute atomic E-state index is 0.0505. The summed E-state index contributed by atoms with van der Waals surface area (Å²) in [6.07, 6.45) is 0.778. The molecular weight excluding hydrogens is 198 g/mol. The summed E-state index contributed by atoms with van der Waals surface area (Å²) in [4.78, 5) is 11.3. The number of hydroxylamine groups is 2. The molecule has 15 heavy (non-hydrogen) atoms. The lowest BCUT2D eigenvalue weighted by Gasteiger charge is -2.37. The Morgan fingerprint density at radius 2 is 2.07 bits per heavy atom. The molecule has 1 heterocycles. The molecule has 0 saturated carbocycles. The molecule has 0 aromatic carbocycles. The van der Waals surface area contributed by atoms with E-state index in [4.69, 9.17) is 15.2 Å². The summed E-state index contributed by atoms with van der Waals surface area (Å²) in [7, 11) is 0. The van der Waals surface area contributed by atoms with Crippen LogP contribution in [0.2, 0.25) is 0 Å². The molecule has 1 rings (SSSR count). The third-order valence-electron chi connectivity index (χ3n) is 2.66. The maximum absolute atomic E-state index is 11.3. The Hall–Kier alpha value is -0.650. The molecule has 1 fully saturated rings. The molecule has 0 amide bonds. The highest BCUT2D eigenvalue weighted by atomic mass is 16.8. The summed E-state index contributed by atoms with van der Waals surface area (Å²) < 4.78 is 5.24. The second kappa shape index (κ2) is 4.47. The van der Waals surface area contributed by atoms with Crippen LogP contribution < -0.4 is 0 Å². The zero-order valence-electron chi connectivity index (χ0n) is 9.43. The van der Waals surface area contributed by atoms with Crippen molar-refractivity contribution in [2.45, 2.75) is 39.7 Å². The van der Waals surface area contributed by atoms with E-state index in [0.29, 0.717) is 6.42 Å². The van der Waals surface area contributed by atoms with Gasteiger partial charge < -0.3 is 4.74 Å². The first kappa shape index (κ1) is 12.4. The van der Waals surface area contributed by atoms with Gasteiger partial charge in [-0.1, -0.05) is 26.0 Å². The molecule has 5 heteroatoms. The van der Waals surface area contributed by atoms with Crippen LogP contribution in [0, 0.1) is 11.3 Å². The number of ether oxygens (including phenoxy) is 1. The average Bonchev–Trinajstić information content (AvgIpc) is 1.99. The standard InChI is InChI=1S/C10H19NO4/c1-10(2,3)8-4-7(6-11(13)14)5-9(12)15-8/h7-8,13-14H,4-6H2,1-3H3/t7-,8-/m0/s1. The Balaban J connectivity index is 2.60. The summed E-state index contributed by atoms with van der Waals surface area (Å²) in [5.74, 6) is -0.307. The van der Waals surface area contributed by atoms with Gasteiger partial charge >= 0.3 is 5.97 Å². The molecule has 2 atom stereocenters. The highest BCUT2D eigenvalue weighted by Crippen LogP contribution is 2.32. The lowest BCUT2D eigenvalue weighted by molar-refractivity contribution is -0.314. The molecule has 0 radical (unpaired) electrons. The molecular formula is C10H19NO4. The minimum atomic E-state index is -0.256. The first-order chi connectivity index (χ1) is 6.79. The van der Waals surface area contributed by atoms with Gasteiger partial charge in [-0.05, 0) is 17.8 Å². The number of nitrogens with zero attached hydrogens (tertiary/aromatic N) is 1. The third-order valence-corrected chi connectivity index (χ3v) is 2.66. The largest absolute Gasteiger partial charge is 0.462 e. The van der Waals surface area contributed by atoms with Crippen molar-refractivity contribution in [3.05, 3.63) is 0 Å². The number of carbonyl (C=O) groups excluding carboxylic acids is 1. The van der Waals surface area contributed by atoms with Crippen LogP contribution in [-0.2, 0) is 9.53 Å². The number of hydrogen-bond acceptors (Lipinski definition) is 5. The van der Waals surface area contributed by atoms with E-state index in [2.05, 4.69) is 0 Å². The summed E-state index contributed by atoms with van der Waals surface area (Å²) >= 11 is 0. The first-order valence-electron chi connectivity index (χ1n) is 5.14. The van der Waals surface area contributed by atoms with E-state index in [-0.39, 0.29) is 41.6 Å². The predicted octanol–water partition coefficient (Wildman–Crippen LogP) is 1.43. The van der Waals surface area contributed by atoms with Gasteiger partial charge in [-0.2, -0.15) is 0 Å². The van der Waals surface area contributed by atoms with Gasteiger partial charge in [0.1, 0.15) is 6.10 Å². The topological polar surface area (TPSA) is 70.0 Å². The molecule has 1 saturated heterocycles. The van der Waals surface area contributed by atoms with E-state index in [1.165, 1.54) is 0 Å². The summed E-state index contributed by atoms with van der Waals surface area (Å²) in [6.45, 7) is 6.09. The van der Waals surface area contributed by atoms with Gasteiger partial charge in [0.25, 0.3) is 0 Å². The number of esters is 1. The van der Waals surface area contributed by atoms with Gasteiger partial charge in [-0.25, -0.2) is 0 Å². The monoisotopic (exact) mass is 217 g/mol. The van der Waals surface area contributed by atoms with E-state index in [1.807, 2.05) is 20.8 Å². The van der Waals surface area contributed by atoms with Crippen molar-refractivity contribution >= 4 is 5.97 Å². The van der Waals surface area contributed by atoms with Gasteiger partial charge in [0.15, 0.2) is 0 Å². The van der Waals surface area contributed by atoms with Crippen molar-refractivity contribution < 1.29 is 19.9 Å². The average molecular weight is 217 g/mol. The molecule has 5 nitrogen and oxygen atoms in total. The van der Waals surface area contributed by atoms with Crippen molar-refractivity contribution in [1.29, 1.82) is 0 Å². The molecule has 0 aromatic heterocycles. The van der Waals surface area contributed by atoms with Crippen molar-refractivity contribution in [2.24, 2.45) is 11.3 Å². The molecule has 0 bridgehead atoms.